The molecule has 0 aliphatic carbocycles. The van der Waals surface area contributed by atoms with Crippen molar-refractivity contribution in [2.45, 2.75) is 64.3 Å². The number of aliphatic hydroxyl groups is 1. The van der Waals surface area contributed by atoms with Crippen LogP contribution in [0.5, 0.6) is 5.75 Å². The van der Waals surface area contributed by atoms with E-state index < -0.39 is 54.8 Å². The number of aryl methyl sites for hydroxylation is 3. The number of alkyl halides is 2. The summed E-state index contributed by atoms with van der Waals surface area (Å²) in [6.45, 7) is 4.26. The zero-order chi connectivity index (χ0) is 31.1. The molecule has 1 saturated heterocycles. The molecule has 1 aliphatic heterocycles. The van der Waals surface area contributed by atoms with Gasteiger partial charge in [-0.05, 0) is 55.0 Å². The van der Waals surface area contributed by atoms with E-state index in [1.807, 2.05) is 57.2 Å². The van der Waals surface area contributed by atoms with Gasteiger partial charge >= 0.3 is 0 Å². The lowest BCUT2D eigenvalue weighted by molar-refractivity contribution is -0.147. The maximum absolute atomic E-state index is 14.6. The van der Waals surface area contributed by atoms with Crippen LogP contribution in [0.4, 0.5) is 8.78 Å². The van der Waals surface area contributed by atoms with Crippen molar-refractivity contribution in [2.24, 2.45) is 0 Å². The zero-order valence-electron chi connectivity index (χ0n) is 24.5. The first-order chi connectivity index (χ1) is 20.4. The van der Waals surface area contributed by atoms with Crippen molar-refractivity contribution in [1.82, 2.24) is 15.5 Å². The predicted molar refractivity (Wildman–Crippen MR) is 158 cm³/mol. The van der Waals surface area contributed by atoms with Gasteiger partial charge in [-0.1, -0.05) is 72.8 Å². The van der Waals surface area contributed by atoms with Gasteiger partial charge in [0.2, 0.25) is 5.91 Å². The molecule has 4 rings (SSSR count). The SMILES string of the molecule is Cc1ccccc1CNC(=O)[C@@H]1CC(F)(F)CN1C(=O)[C@@H](O)[C@H](Cc1ccccc1)NC(=O)COc1c(C)cccc1C. The number of ether oxygens (including phenoxy) is 1. The lowest BCUT2D eigenvalue weighted by atomic mass is 9.99. The number of nitrogens with zero attached hydrogens (tertiary/aromatic N) is 1. The van der Waals surface area contributed by atoms with E-state index in [0.717, 1.165) is 27.2 Å². The first-order valence-corrected chi connectivity index (χ1v) is 14.2. The Morgan fingerprint density at radius 3 is 2.26 bits per heavy atom. The quantitative estimate of drug-likeness (QED) is 0.315. The van der Waals surface area contributed by atoms with E-state index >= 15 is 0 Å². The van der Waals surface area contributed by atoms with Crippen molar-refractivity contribution >= 4 is 17.7 Å². The van der Waals surface area contributed by atoms with Gasteiger partial charge in [-0.2, -0.15) is 0 Å². The average Bonchev–Trinajstić information content (AvgIpc) is 3.31. The van der Waals surface area contributed by atoms with Crippen molar-refractivity contribution in [1.29, 1.82) is 0 Å². The number of rotatable bonds is 11. The highest BCUT2D eigenvalue weighted by Crippen LogP contribution is 2.33. The molecule has 0 spiro atoms. The van der Waals surface area contributed by atoms with Gasteiger partial charge in [-0.25, -0.2) is 8.78 Å². The number of amides is 3. The van der Waals surface area contributed by atoms with Crippen molar-refractivity contribution in [3.63, 3.8) is 0 Å². The Balaban J connectivity index is 1.49. The van der Waals surface area contributed by atoms with Gasteiger partial charge in [0, 0.05) is 13.0 Å². The Morgan fingerprint density at radius 2 is 1.58 bits per heavy atom. The molecule has 3 amide bonds. The van der Waals surface area contributed by atoms with E-state index in [0.29, 0.717) is 11.3 Å². The third-order valence-electron chi connectivity index (χ3n) is 7.61. The van der Waals surface area contributed by atoms with Gasteiger partial charge in [-0.15, -0.1) is 0 Å². The Bertz CT molecular complexity index is 1430. The summed E-state index contributed by atoms with van der Waals surface area (Å²) in [7, 11) is 0. The molecule has 0 bridgehead atoms. The van der Waals surface area contributed by atoms with Crippen LogP contribution in [0.3, 0.4) is 0 Å². The molecule has 3 aromatic rings. The summed E-state index contributed by atoms with van der Waals surface area (Å²) in [4.78, 5) is 40.3. The van der Waals surface area contributed by atoms with E-state index in [2.05, 4.69) is 10.6 Å². The largest absolute Gasteiger partial charge is 0.483 e. The second-order valence-corrected chi connectivity index (χ2v) is 11.0. The molecule has 0 aromatic heterocycles. The minimum absolute atomic E-state index is 0.0389. The molecule has 3 atom stereocenters. The molecule has 0 unspecified atom stereocenters. The van der Waals surface area contributed by atoms with Crippen LogP contribution in [0, 0.1) is 20.8 Å². The number of nitrogens with one attached hydrogen (secondary N) is 2. The zero-order valence-corrected chi connectivity index (χ0v) is 24.5. The summed E-state index contributed by atoms with van der Waals surface area (Å²) in [5.41, 5.74) is 4.11. The van der Waals surface area contributed by atoms with E-state index in [1.54, 1.807) is 36.4 Å². The molecular formula is C33H37F2N3O5. The van der Waals surface area contributed by atoms with Crippen LogP contribution < -0.4 is 15.4 Å². The van der Waals surface area contributed by atoms with E-state index in [4.69, 9.17) is 4.74 Å². The van der Waals surface area contributed by atoms with Gasteiger partial charge in [0.05, 0.1) is 12.6 Å². The number of hydrogen-bond acceptors (Lipinski definition) is 5. The Hall–Kier alpha value is -4.31. The number of aliphatic hydroxyl groups excluding tert-OH is 1. The van der Waals surface area contributed by atoms with Gasteiger partial charge in [0.25, 0.3) is 17.7 Å². The summed E-state index contributed by atoms with van der Waals surface area (Å²) in [6, 6.07) is 19.1. The fourth-order valence-corrected chi connectivity index (χ4v) is 5.26. The molecule has 0 radical (unpaired) electrons. The number of carbonyl (C=O) groups is 3. The second kappa shape index (κ2) is 13.8. The monoisotopic (exact) mass is 593 g/mol. The minimum atomic E-state index is -3.32. The molecule has 43 heavy (non-hydrogen) atoms. The minimum Gasteiger partial charge on any atom is -0.483 e. The Morgan fingerprint density at radius 1 is 0.953 bits per heavy atom. The highest BCUT2D eigenvalue weighted by molar-refractivity contribution is 5.91. The van der Waals surface area contributed by atoms with Crippen LogP contribution in [0.2, 0.25) is 0 Å². The third kappa shape index (κ3) is 8.16. The summed E-state index contributed by atoms with van der Waals surface area (Å²) in [5.74, 6) is -5.18. The number of likely N-dealkylation sites (tertiary alicyclic amines) is 1. The lowest BCUT2D eigenvalue weighted by Gasteiger charge is -2.30. The Labute approximate surface area is 250 Å². The average molecular weight is 594 g/mol. The second-order valence-electron chi connectivity index (χ2n) is 11.0. The highest BCUT2D eigenvalue weighted by Gasteiger charge is 2.51. The predicted octanol–water partition coefficient (Wildman–Crippen LogP) is 3.63. The standard InChI is InChI=1S/C33H37F2N3O5/c1-21-10-7-8-15-25(21)18-36-31(41)27-17-33(34,35)20-38(27)32(42)29(40)26(16-24-13-5-4-6-14-24)37-28(39)19-43-30-22(2)11-9-12-23(30)3/h4-15,26-27,29,40H,16-20H2,1-3H3,(H,36,41)(H,37,39)/t26-,27-,29-/m0/s1. The maximum Gasteiger partial charge on any atom is 0.267 e. The van der Waals surface area contributed by atoms with Crippen molar-refractivity contribution in [3.05, 3.63) is 101 Å². The van der Waals surface area contributed by atoms with Gasteiger partial charge < -0.3 is 25.4 Å². The number of halogens is 2. The van der Waals surface area contributed by atoms with Crippen LogP contribution in [-0.4, -0.2) is 65.0 Å². The molecule has 10 heteroatoms. The lowest BCUT2D eigenvalue weighted by Crippen LogP contribution is -2.56. The molecule has 3 aromatic carbocycles. The molecule has 8 nitrogen and oxygen atoms in total. The summed E-state index contributed by atoms with van der Waals surface area (Å²) in [6.07, 6.45) is -2.73. The fourth-order valence-electron chi connectivity index (χ4n) is 5.26. The summed E-state index contributed by atoms with van der Waals surface area (Å²) in [5, 5.41) is 16.5. The molecule has 1 heterocycles. The number of benzene rings is 3. The molecule has 1 aliphatic rings. The van der Waals surface area contributed by atoms with Crippen LogP contribution >= 0.6 is 0 Å². The maximum atomic E-state index is 14.6. The van der Waals surface area contributed by atoms with Crippen LogP contribution in [-0.2, 0) is 27.3 Å². The number of para-hydroxylation sites is 1. The van der Waals surface area contributed by atoms with Crippen LogP contribution in [0.1, 0.15) is 34.2 Å². The normalized spacial score (nSPS) is 17.2. The fraction of sp³-hybridized carbons (Fsp3) is 0.364. The van der Waals surface area contributed by atoms with Crippen LogP contribution in [0.25, 0.3) is 0 Å². The molecule has 3 N–H and O–H groups in total. The third-order valence-corrected chi connectivity index (χ3v) is 7.61. The van der Waals surface area contributed by atoms with E-state index in [1.165, 1.54) is 0 Å². The van der Waals surface area contributed by atoms with E-state index in [9.17, 15) is 28.3 Å². The molecule has 1 fully saturated rings. The van der Waals surface area contributed by atoms with Gasteiger partial charge in [-0.3, -0.25) is 14.4 Å². The number of hydrogen-bond donors (Lipinski definition) is 3. The van der Waals surface area contributed by atoms with Crippen molar-refractivity contribution < 1.29 is 33.0 Å². The summed E-state index contributed by atoms with van der Waals surface area (Å²) < 4.78 is 34.9. The summed E-state index contributed by atoms with van der Waals surface area (Å²) >= 11 is 0. The smallest absolute Gasteiger partial charge is 0.267 e. The molecule has 228 valence electrons. The highest BCUT2D eigenvalue weighted by atomic mass is 19.3. The molecule has 0 saturated carbocycles. The first kappa shape index (κ1) is 31.6. The van der Waals surface area contributed by atoms with Gasteiger partial charge in [0.1, 0.15) is 11.8 Å². The Kier molecular flexibility index (Phi) is 10.1. The first-order valence-electron chi connectivity index (χ1n) is 14.2. The number of carbonyl (C=O) groups excluding carboxylic acids is 3. The van der Waals surface area contributed by atoms with Crippen LogP contribution in [0.15, 0.2) is 72.8 Å². The molecular weight excluding hydrogens is 556 g/mol. The van der Waals surface area contributed by atoms with Crippen molar-refractivity contribution in [2.75, 3.05) is 13.2 Å². The van der Waals surface area contributed by atoms with E-state index in [-0.39, 0.29) is 19.6 Å². The topological polar surface area (TPSA) is 108 Å². The van der Waals surface area contributed by atoms with Crippen molar-refractivity contribution in [3.8, 4) is 5.75 Å². The van der Waals surface area contributed by atoms with Gasteiger partial charge in [0.15, 0.2) is 12.7 Å².